The van der Waals surface area contributed by atoms with Crippen LogP contribution in [-0.4, -0.2) is 68.2 Å². The number of nitrogens with zero attached hydrogens (tertiary/aromatic N) is 3. The number of carboxylic acid groups (broad SMARTS) is 1. The number of benzene rings is 2. The quantitative estimate of drug-likeness (QED) is 0.491. The highest BCUT2D eigenvalue weighted by molar-refractivity contribution is 6.03. The number of amides is 2. The summed E-state index contributed by atoms with van der Waals surface area (Å²) in [5.41, 5.74) is 1.40. The Balaban J connectivity index is 1.80. The van der Waals surface area contributed by atoms with E-state index < -0.39 is 23.2 Å². The maximum atomic E-state index is 14.3. The minimum Gasteiger partial charge on any atom is -0.479 e. The van der Waals surface area contributed by atoms with Gasteiger partial charge in [0.25, 0.3) is 5.91 Å². The van der Waals surface area contributed by atoms with Gasteiger partial charge in [0, 0.05) is 24.5 Å². The normalized spacial score (nSPS) is 17.8. The second-order valence-electron chi connectivity index (χ2n) is 10.6. The molecule has 3 aromatic rings. The number of carboxylic acids is 1. The van der Waals surface area contributed by atoms with Crippen molar-refractivity contribution in [2.45, 2.75) is 52.2 Å². The average molecular weight is 518 g/mol. The van der Waals surface area contributed by atoms with Gasteiger partial charge in [0.05, 0.1) is 17.8 Å². The van der Waals surface area contributed by atoms with Gasteiger partial charge in [-0.3, -0.25) is 4.79 Å². The number of rotatable bonds is 5. The van der Waals surface area contributed by atoms with Crippen LogP contribution in [0.3, 0.4) is 0 Å². The van der Waals surface area contributed by atoms with Gasteiger partial charge in [0.2, 0.25) is 0 Å². The summed E-state index contributed by atoms with van der Waals surface area (Å²) in [6.45, 7) is 9.04. The van der Waals surface area contributed by atoms with Crippen molar-refractivity contribution in [1.82, 2.24) is 14.4 Å². The molecule has 1 aromatic heterocycles. The zero-order chi connectivity index (χ0) is 27.7. The van der Waals surface area contributed by atoms with Crippen LogP contribution in [0.2, 0.25) is 0 Å². The molecule has 8 heteroatoms. The van der Waals surface area contributed by atoms with E-state index in [1.807, 2.05) is 78.2 Å². The van der Waals surface area contributed by atoms with Gasteiger partial charge in [-0.15, -0.1) is 0 Å². The highest BCUT2D eigenvalue weighted by Crippen LogP contribution is 2.35. The van der Waals surface area contributed by atoms with Crippen molar-refractivity contribution in [1.29, 1.82) is 0 Å². The first-order valence-electron chi connectivity index (χ1n) is 12.8. The molecule has 1 fully saturated rings. The number of carbonyl (C=O) groups is 3. The topological polar surface area (TPSA) is 92.1 Å². The monoisotopic (exact) mass is 517 g/mol. The number of aliphatic carboxylic acids is 1. The van der Waals surface area contributed by atoms with E-state index in [-0.39, 0.29) is 32.0 Å². The lowest BCUT2D eigenvalue weighted by Gasteiger charge is -2.47. The van der Waals surface area contributed by atoms with Gasteiger partial charge in [-0.1, -0.05) is 55.5 Å². The van der Waals surface area contributed by atoms with Crippen LogP contribution in [0.15, 0.2) is 66.7 Å². The van der Waals surface area contributed by atoms with Crippen LogP contribution in [0, 0.1) is 6.92 Å². The number of carbonyl (C=O) groups excluding carboxylic acids is 2. The van der Waals surface area contributed by atoms with Crippen molar-refractivity contribution in [3.05, 3.63) is 78.0 Å². The molecule has 1 aliphatic rings. The minimum atomic E-state index is -1.59. The van der Waals surface area contributed by atoms with Crippen molar-refractivity contribution < 1.29 is 24.2 Å². The zero-order valence-electron chi connectivity index (χ0n) is 22.6. The third-order valence-electron chi connectivity index (χ3n) is 6.92. The summed E-state index contributed by atoms with van der Waals surface area (Å²) in [4.78, 5) is 42.7. The SMILES string of the molecule is CCC1(C(=O)O)CN(C(=O)OC(C)(C)C)CCN1C(=O)c1cc(C)n(-c2ccccc2)c1-c1ccccc1. The summed E-state index contributed by atoms with van der Waals surface area (Å²) in [5.74, 6) is -1.53. The lowest BCUT2D eigenvalue weighted by atomic mass is 9.89. The second-order valence-corrected chi connectivity index (χ2v) is 10.6. The fourth-order valence-electron chi connectivity index (χ4n) is 5.07. The molecule has 200 valence electrons. The summed E-state index contributed by atoms with van der Waals surface area (Å²) in [5, 5.41) is 10.4. The molecule has 0 bridgehead atoms. The van der Waals surface area contributed by atoms with Crippen LogP contribution in [0.25, 0.3) is 16.9 Å². The van der Waals surface area contributed by atoms with Crippen LogP contribution in [0.4, 0.5) is 4.79 Å². The molecule has 0 saturated carbocycles. The van der Waals surface area contributed by atoms with Crippen molar-refractivity contribution in [3.8, 4) is 16.9 Å². The number of ether oxygens (including phenoxy) is 1. The molecule has 4 rings (SSSR count). The Kier molecular flexibility index (Phi) is 7.35. The van der Waals surface area contributed by atoms with Gasteiger partial charge < -0.3 is 24.2 Å². The molecule has 1 unspecified atom stereocenters. The molecule has 2 aromatic carbocycles. The van der Waals surface area contributed by atoms with Crippen LogP contribution in [0.1, 0.15) is 50.2 Å². The number of aryl methyl sites for hydroxylation is 1. The first kappa shape index (κ1) is 27.0. The number of hydrogen-bond acceptors (Lipinski definition) is 4. The van der Waals surface area contributed by atoms with E-state index in [1.165, 1.54) is 9.80 Å². The Morgan fingerprint density at radius 1 is 0.974 bits per heavy atom. The molecule has 2 amide bonds. The van der Waals surface area contributed by atoms with Gasteiger partial charge in [-0.2, -0.15) is 0 Å². The highest BCUT2D eigenvalue weighted by Gasteiger charge is 2.51. The molecule has 1 N–H and O–H groups in total. The average Bonchev–Trinajstić information content (AvgIpc) is 3.24. The van der Waals surface area contributed by atoms with Gasteiger partial charge in [-0.25, -0.2) is 9.59 Å². The molecule has 0 spiro atoms. The van der Waals surface area contributed by atoms with E-state index in [1.54, 1.807) is 27.7 Å². The Hall–Kier alpha value is -4.07. The van der Waals surface area contributed by atoms with E-state index in [0.29, 0.717) is 11.3 Å². The van der Waals surface area contributed by atoms with Gasteiger partial charge in [0.1, 0.15) is 5.60 Å². The molecule has 0 aliphatic carbocycles. The largest absolute Gasteiger partial charge is 0.479 e. The molecule has 38 heavy (non-hydrogen) atoms. The maximum absolute atomic E-state index is 14.3. The van der Waals surface area contributed by atoms with Crippen LogP contribution >= 0.6 is 0 Å². The molecule has 8 nitrogen and oxygen atoms in total. The standard InChI is InChI=1S/C30H35N3O5/c1-6-30(27(35)36)20-31(28(37)38-29(3,4)5)17-18-32(30)26(34)24-19-21(2)33(23-15-11-8-12-16-23)25(24)22-13-9-7-10-14-22/h7-16,19H,6,17-18,20H2,1-5H3,(H,35,36). The lowest BCUT2D eigenvalue weighted by molar-refractivity contribution is -0.154. The third kappa shape index (κ3) is 5.03. The van der Waals surface area contributed by atoms with Crippen molar-refractivity contribution in [2.75, 3.05) is 19.6 Å². The second kappa shape index (κ2) is 10.4. The van der Waals surface area contributed by atoms with E-state index in [9.17, 15) is 19.5 Å². The Bertz CT molecular complexity index is 1330. The van der Waals surface area contributed by atoms with Crippen molar-refractivity contribution in [3.63, 3.8) is 0 Å². The first-order valence-corrected chi connectivity index (χ1v) is 12.8. The summed E-state index contributed by atoms with van der Waals surface area (Å²) in [7, 11) is 0. The zero-order valence-corrected chi connectivity index (χ0v) is 22.6. The summed E-state index contributed by atoms with van der Waals surface area (Å²) in [6.07, 6.45) is -0.452. The molecule has 1 saturated heterocycles. The van der Waals surface area contributed by atoms with Gasteiger partial charge >= 0.3 is 12.1 Å². The lowest BCUT2D eigenvalue weighted by Crippen LogP contribution is -2.68. The predicted molar refractivity (Wildman–Crippen MR) is 145 cm³/mol. The van der Waals surface area contributed by atoms with E-state index in [4.69, 9.17) is 4.74 Å². The molecule has 2 heterocycles. The van der Waals surface area contributed by atoms with Crippen LogP contribution in [-0.2, 0) is 9.53 Å². The van der Waals surface area contributed by atoms with Crippen molar-refractivity contribution in [2.24, 2.45) is 0 Å². The van der Waals surface area contributed by atoms with E-state index in [2.05, 4.69) is 0 Å². The Labute approximate surface area is 223 Å². The van der Waals surface area contributed by atoms with Gasteiger partial charge in [-0.05, 0) is 57.9 Å². The first-order chi connectivity index (χ1) is 18.0. The molecular formula is C30H35N3O5. The minimum absolute atomic E-state index is 0.0714. The number of hydrogen-bond donors (Lipinski definition) is 1. The fourth-order valence-corrected chi connectivity index (χ4v) is 5.07. The summed E-state index contributed by atoms with van der Waals surface area (Å²) >= 11 is 0. The van der Waals surface area contributed by atoms with Crippen LogP contribution < -0.4 is 0 Å². The molecule has 0 radical (unpaired) electrons. The van der Waals surface area contributed by atoms with Crippen molar-refractivity contribution >= 4 is 18.0 Å². The van der Waals surface area contributed by atoms with Gasteiger partial charge in [0.15, 0.2) is 5.54 Å². The maximum Gasteiger partial charge on any atom is 0.410 e. The fraction of sp³-hybridized carbons (Fsp3) is 0.367. The third-order valence-corrected chi connectivity index (χ3v) is 6.92. The summed E-state index contributed by atoms with van der Waals surface area (Å²) < 4.78 is 7.53. The number of aromatic nitrogens is 1. The highest BCUT2D eigenvalue weighted by atomic mass is 16.6. The predicted octanol–water partition coefficient (Wildman–Crippen LogP) is 5.38. The van der Waals surface area contributed by atoms with E-state index in [0.717, 1.165) is 16.9 Å². The number of para-hydroxylation sites is 1. The molecule has 1 atom stereocenters. The smallest absolute Gasteiger partial charge is 0.410 e. The number of piperazine rings is 1. The Morgan fingerprint density at radius 2 is 1.58 bits per heavy atom. The Morgan fingerprint density at radius 3 is 2.13 bits per heavy atom. The van der Waals surface area contributed by atoms with E-state index >= 15 is 0 Å². The van der Waals surface area contributed by atoms with Crippen LogP contribution in [0.5, 0.6) is 0 Å². The molecular weight excluding hydrogens is 482 g/mol. The molecule has 1 aliphatic heterocycles. The summed E-state index contributed by atoms with van der Waals surface area (Å²) in [6, 6.07) is 21.2.